The second kappa shape index (κ2) is 12.6. The highest BCUT2D eigenvalue weighted by Gasteiger charge is 2.19. The predicted molar refractivity (Wildman–Crippen MR) is 153 cm³/mol. The summed E-state index contributed by atoms with van der Waals surface area (Å²) in [5.41, 5.74) is 24.3. The van der Waals surface area contributed by atoms with E-state index >= 15 is 0 Å². The van der Waals surface area contributed by atoms with E-state index in [2.05, 4.69) is 0 Å². The molecule has 0 saturated carbocycles. The minimum atomic E-state index is -1.18. The van der Waals surface area contributed by atoms with Crippen LogP contribution in [0, 0.1) is 0 Å². The van der Waals surface area contributed by atoms with Gasteiger partial charge in [0.25, 0.3) is 0 Å². The van der Waals surface area contributed by atoms with E-state index in [-0.39, 0.29) is 50.0 Å². The third-order valence-corrected chi connectivity index (χ3v) is 5.68. The zero-order valence-corrected chi connectivity index (χ0v) is 21.2. The van der Waals surface area contributed by atoms with Crippen molar-refractivity contribution in [2.45, 2.75) is 0 Å². The molecule has 0 aliphatic carbocycles. The summed E-state index contributed by atoms with van der Waals surface area (Å²) >= 11 is 0. The molecule has 0 saturated heterocycles. The van der Waals surface area contributed by atoms with E-state index in [0.717, 1.165) is 0 Å². The molecule has 4 aromatic rings. The molecule has 14 N–H and O–H groups in total. The van der Waals surface area contributed by atoms with Crippen molar-refractivity contribution in [1.82, 2.24) is 0 Å². The van der Waals surface area contributed by atoms with Gasteiger partial charge in [0.05, 0.1) is 22.3 Å². The van der Waals surface area contributed by atoms with Crippen LogP contribution in [0.4, 0.5) is 22.7 Å². The number of anilines is 4. The summed E-state index contributed by atoms with van der Waals surface area (Å²) in [6, 6.07) is 17.2. The average molecular weight is 563 g/mol. The van der Waals surface area contributed by atoms with Gasteiger partial charge in [0, 0.05) is 22.7 Å². The van der Waals surface area contributed by atoms with Crippen molar-refractivity contribution in [3.05, 3.63) is 95.1 Å². The van der Waals surface area contributed by atoms with Crippen molar-refractivity contribution < 1.29 is 45.1 Å². The smallest absolute Gasteiger partial charge is 0.336 e. The summed E-state index contributed by atoms with van der Waals surface area (Å²) in [6.07, 6.45) is 0. The standard InChI is InChI=1S/2C14H12N2O4.H2O/c2*15-7-1-3-9(11(5-7)13(17)18)10-4-2-8(16)6-12(10)14(19)20;/h2*1-6H,15-16H2,(H,17,18)(H,19,20);1H2. The van der Waals surface area contributed by atoms with Crippen LogP contribution in [0.3, 0.4) is 0 Å². The van der Waals surface area contributed by atoms with Crippen LogP contribution < -0.4 is 22.9 Å². The van der Waals surface area contributed by atoms with Crippen molar-refractivity contribution in [1.29, 1.82) is 0 Å². The van der Waals surface area contributed by atoms with E-state index < -0.39 is 23.9 Å². The van der Waals surface area contributed by atoms with Gasteiger partial charge in [-0.25, -0.2) is 19.2 Å². The van der Waals surface area contributed by atoms with E-state index in [1.54, 1.807) is 0 Å². The Morgan fingerprint density at radius 3 is 0.707 bits per heavy atom. The second-order valence-corrected chi connectivity index (χ2v) is 8.44. The van der Waals surface area contributed by atoms with Gasteiger partial charge < -0.3 is 48.8 Å². The van der Waals surface area contributed by atoms with Gasteiger partial charge in [0.1, 0.15) is 0 Å². The molecule has 0 atom stereocenters. The van der Waals surface area contributed by atoms with E-state index in [1.165, 1.54) is 72.8 Å². The number of hydrogen-bond acceptors (Lipinski definition) is 8. The molecule has 212 valence electrons. The number of rotatable bonds is 6. The molecule has 41 heavy (non-hydrogen) atoms. The molecule has 0 amide bonds. The molecule has 0 aromatic heterocycles. The Morgan fingerprint density at radius 1 is 0.390 bits per heavy atom. The molecule has 0 radical (unpaired) electrons. The van der Waals surface area contributed by atoms with Crippen molar-refractivity contribution in [2.24, 2.45) is 0 Å². The van der Waals surface area contributed by atoms with Crippen LogP contribution in [0.25, 0.3) is 22.3 Å². The molecule has 13 heteroatoms. The SMILES string of the molecule is Nc1ccc(-c2ccc(N)cc2C(=O)O)c(C(=O)O)c1.Nc1ccc(-c2ccc(N)cc2C(=O)O)c(C(=O)O)c1.O. The van der Waals surface area contributed by atoms with Crippen molar-refractivity contribution >= 4 is 46.6 Å². The highest BCUT2D eigenvalue weighted by Crippen LogP contribution is 2.31. The maximum atomic E-state index is 11.3. The zero-order valence-electron chi connectivity index (χ0n) is 21.2. The monoisotopic (exact) mass is 562 g/mol. The summed E-state index contributed by atoms with van der Waals surface area (Å²) in [5.74, 6) is -4.72. The summed E-state index contributed by atoms with van der Waals surface area (Å²) in [4.78, 5) is 45.1. The van der Waals surface area contributed by atoms with Gasteiger partial charge in [0.2, 0.25) is 0 Å². The summed E-state index contributed by atoms with van der Waals surface area (Å²) < 4.78 is 0. The number of carboxylic acids is 4. The predicted octanol–water partition coefficient (Wildman–Crippen LogP) is 3.00. The lowest BCUT2D eigenvalue weighted by Gasteiger charge is -2.11. The lowest BCUT2D eigenvalue weighted by Crippen LogP contribution is -2.05. The molecule has 0 spiro atoms. The van der Waals surface area contributed by atoms with Gasteiger partial charge in [-0.1, -0.05) is 24.3 Å². The Balaban J connectivity index is 0.000000280. The Morgan fingerprint density at radius 2 is 0.561 bits per heavy atom. The number of benzene rings is 4. The Bertz CT molecular complexity index is 1420. The first-order valence-corrected chi connectivity index (χ1v) is 11.3. The van der Waals surface area contributed by atoms with E-state index in [1.807, 2.05) is 0 Å². The molecule has 0 fully saturated rings. The maximum absolute atomic E-state index is 11.3. The molecule has 0 aliphatic rings. The van der Waals surface area contributed by atoms with Gasteiger partial charge >= 0.3 is 23.9 Å². The Hall–Kier alpha value is -6.08. The fourth-order valence-corrected chi connectivity index (χ4v) is 3.89. The van der Waals surface area contributed by atoms with Crippen molar-refractivity contribution in [2.75, 3.05) is 22.9 Å². The fraction of sp³-hybridized carbons (Fsp3) is 0. The molecule has 0 bridgehead atoms. The average Bonchev–Trinajstić information content (AvgIpc) is 2.89. The van der Waals surface area contributed by atoms with E-state index in [9.17, 15) is 39.6 Å². The molecule has 0 heterocycles. The summed E-state index contributed by atoms with van der Waals surface area (Å²) in [7, 11) is 0. The Kier molecular flexibility index (Phi) is 9.60. The number of carboxylic acid groups (broad SMARTS) is 4. The van der Waals surface area contributed by atoms with Crippen LogP contribution in [0.15, 0.2) is 72.8 Å². The number of nitrogen functional groups attached to an aromatic ring is 4. The van der Waals surface area contributed by atoms with Gasteiger partial charge in [-0.2, -0.15) is 0 Å². The largest absolute Gasteiger partial charge is 0.478 e. The van der Waals surface area contributed by atoms with Gasteiger partial charge in [-0.05, 0) is 70.8 Å². The van der Waals surface area contributed by atoms with Gasteiger partial charge in [-0.3, -0.25) is 0 Å². The molecule has 4 aromatic carbocycles. The van der Waals surface area contributed by atoms with Crippen molar-refractivity contribution in [3.63, 3.8) is 0 Å². The summed E-state index contributed by atoms with van der Waals surface area (Å²) in [5, 5.41) is 36.8. The Labute approximate surface area is 232 Å². The van der Waals surface area contributed by atoms with Crippen LogP contribution >= 0.6 is 0 Å². The van der Waals surface area contributed by atoms with Crippen LogP contribution in [-0.4, -0.2) is 49.8 Å². The quantitative estimate of drug-likeness (QED) is 0.157. The molecule has 13 nitrogen and oxygen atoms in total. The normalized spacial score (nSPS) is 9.95. The van der Waals surface area contributed by atoms with Crippen molar-refractivity contribution in [3.8, 4) is 22.3 Å². The first-order valence-electron chi connectivity index (χ1n) is 11.3. The second-order valence-electron chi connectivity index (χ2n) is 8.44. The third kappa shape index (κ3) is 7.07. The number of aromatic carboxylic acids is 4. The lowest BCUT2D eigenvalue weighted by molar-refractivity contribution is 0.0684. The maximum Gasteiger partial charge on any atom is 0.336 e. The first-order chi connectivity index (χ1) is 18.8. The fourth-order valence-electron chi connectivity index (χ4n) is 3.89. The highest BCUT2D eigenvalue weighted by atomic mass is 16.4. The summed E-state index contributed by atoms with van der Waals surface area (Å²) in [6.45, 7) is 0. The van der Waals surface area contributed by atoms with Crippen LogP contribution in [0.1, 0.15) is 41.4 Å². The number of hydrogen-bond donors (Lipinski definition) is 8. The minimum Gasteiger partial charge on any atom is -0.478 e. The van der Waals surface area contributed by atoms with Crippen LogP contribution in [-0.2, 0) is 0 Å². The molecule has 0 aliphatic heterocycles. The highest BCUT2D eigenvalue weighted by molar-refractivity contribution is 6.04. The first kappa shape index (κ1) is 31.1. The lowest BCUT2D eigenvalue weighted by atomic mass is 9.94. The number of carbonyl (C=O) groups is 4. The van der Waals surface area contributed by atoms with E-state index in [4.69, 9.17) is 22.9 Å². The molecule has 0 unspecified atom stereocenters. The van der Waals surface area contributed by atoms with Gasteiger partial charge in [-0.15, -0.1) is 0 Å². The topological polar surface area (TPSA) is 285 Å². The molecular weight excluding hydrogens is 536 g/mol. The van der Waals surface area contributed by atoms with Crippen LogP contribution in [0.5, 0.6) is 0 Å². The van der Waals surface area contributed by atoms with E-state index in [0.29, 0.717) is 22.7 Å². The molecule has 4 rings (SSSR count). The minimum absolute atomic E-state index is 0. The zero-order chi connectivity index (χ0) is 29.7. The third-order valence-electron chi connectivity index (χ3n) is 5.68. The van der Waals surface area contributed by atoms with Gasteiger partial charge in [0.15, 0.2) is 0 Å². The van der Waals surface area contributed by atoms with Crippen LogP contribution in [0.2, 0.25) is 0 Å². The number of nitrogens with two attached hydrogens (primary N) is 4. The molecular formula is C28H26N4O9.